The third kappa shape index (κ3) is 3.85. The van der Waals surface area contributed by atoms with Crippen molar-refractivity contribution < 1.29 is 29.0 Å². The zero-order chi connectivity index (χ0) is 22.8. The molecule has 2 N–H and O–H groups in total. The molecule has 7 nitrogen and oxygen atoms in total. The van der Waals surface area contributed by atoms with Crippen LogP contribution in [0, 0.1) is 6.92 Å². The highest BCUT2D eigenvalue weighted by molar-refractivity contribution is 6.46. The monoisotopic (exact) mass is 433 g/mol. The number of carbonyl (C=O) groups excluding carboxylic acids is 2. The summed E-state index contributed by atoms with van der Waals surface area (Å²) in [6, 6.07) is 14.2. The molecule has 0 radical (unpaired) electrons. The predicted octanol–water partition coefficient (Wildman–Crippen LogP) is 4.31. The number of carbonyl (C=O) groups is 2. The molecule has 3 aromatic rings. The molecular weight excluding hydrogens is 410 g/mol. The number of nitrogens with zero attached hydrogens (tertiary/aromatic N) is 1. The van der Waals surface area contributed by atoms with Gasteiger partial charge >= 0.3 is 0 Å². The Kier molecular flexibility index (Phi) is 5.73. The number of Topliss-reactive ketones (excluding diaryl/α,β-unsaturated/α-hetero) is 1. The lowest BCUT2D eigenvalue weighted by molar-refractivity contribution is -0.140. The van der Waals surface area contributed by atoms with Crippen LogP contribution >= 0.6 is 0 Å². The van der Waals surface area contributed by atoms with Gasteiger partial charge < -0.3 is 24.3 Å². The second kappa shape index (κ2) is 8.63. The molecular formula is C25H23NO6. The lowest BCUT2D eigenvalue weighted by atomic mass is 9.94. The number of aryl methyl sites for hydroxylation is 1. The van der Waals surface area contributed by atoms with Gasteiger partial charge in [-0.25, -0.2) is 0 Å². The van der Waals surface area contributed by atoms with Gasteiger partial charge in [-0.1, -0.05) is 35.9 Å². The molecule has 0 saturated carbocycles. The standard InChI is InChI=1S/C25H23NO6/c1-3-31-20-13-17(10-11-19(20)27)22-21(23(28)16-8-6-15(2)7-9-16)24(29)25(30)26(22)14-18-5-4-12-32-18/h4-13,22,27-28H,3,14H2,1-2H3/b23-21+. The van der Waals surface area contributed by atoms with Gasteiger partial charge in [0.2, 0.25) is 0 Å². The van der Waals surface area contributed by atoms with Crippen molar-refractivity contribution in [1.29, 1.82) is 0 Å². The Hall–Kier alpha value is -4.00. The zero-order valence-electron chi connectivity index (χ0n) is 17.7. The zero-order valence-corrected chi connectivity index (χ0v) is 17.7. The molecule has 1 amide bonds. The lowest BCUT2D eigenvalue weighted by Gasteiger charge is -2.25. The minimum absolute atomic E-state index is 0.0291. The molecule has 1 saturated heterocycles. The van der Waals surface area contributed by atoms with Crippen LogP contribution in [0.1, 0.15) is 35.4 Å². The van der Waals surface area contributed by atoms with Crippen molar-refractivity contribution in [3.05, 3.63) is 88.9 Å². The van der Waals surface area contributed by atoms with E-state index in [0.29, 0.717) is 23.5 Å². The Morgan fingerprint density at radius 1 is 1.12 bits per heavy atom. The van der Waals surface area contributed by atoms with Gasteiger partial charge in [-0.15, -0.1) is 0 Å². The first-order chi connectivity index (χ1) is 15.4. The molecule has 164 valence electrons. The SMILES string of the molecule is CCOc1cc(C2/C(=C(\O)c3ccc(C)cc3)C(=O)C(=O)N2Cc2ccco2)ccc1O. The molecule has 1 aromatic heterocycles. The summed E-state index contributed by atoms with van der Waals surface area (Å²) in [6.45, 7) is 4.06. The molecule has 0 bridgehead atoms. The van der Waals surface area contributed by atoms with Crippen molar-refractivity contribution in [3.63, 3.8) is 0 Å². The van der Waals surface area contributed by atoms with Gasteiger partial charge in [-0.3, -0.25) is 9.59 Å². The van der Waals surface area contributed by atoms with Crippen LogP contribution in [-0.2, 0) is 16.1 Å². The Bertz CT molecular complexity index is 1180. The molecule has 1 unspecified atom stereocenters. The molecule has 1 aliphatic rings. The number of likely N-dealkylation sites (tertiary alicyclic amines) is 1. The van der Waals surface area contributed by atoms with Crippen LogP contribution in [0.3, 0.4) is 0 Å². The fraction of sp³-hybridized carbons (Fsp3) is 0.200. The minimum Gasteiger partial charge on any atom is -0.507 e. The first-order valence-electron chi connectivity index (χ1n) is 10.2. The molecule has 1 fully saturated rings. The van der Waals surface area contributed by atoms with Crippen LogP contribution in [0.15, 0.2) is 70.9 Å². The molecule has 1 aliphatic heterocycles. The van der Waals surface area contributed by atoms with Crippen molar-refractivity contribution >= 4 is 17.4 Å². The predicted molar refractivity (Wildman–Crippen MR) is 117 cm³/mol. The van der Waals surface area contributed by atoms with Crippen LogP contribution in [0.25, 0.3) is 5.76 Å². The smallest absolute Gasteiger partial charge is 0.296 e. The van der Waals surface area contributed by atoms with Gasteiger partial charge in [0.15, 0.2) is 11.5 Å². The van der Waals surface area contributed by atoms with E-state index in [1.165, 1.54) is 17.2 Å². The Morgan fingerprint density at radius 2 is 1.88 bits per heavy atom. The quantitative estimate of drug-likeness (QED) is 0.341. The number of phenolic OH excluding ortho intramolecular Hbond substituents is 1. The van der Waals surface area contributed by atoms with E-state index in [-0.39, 0.29) is 29.4 Å². The van der Waals surface area contributed by atoms with Crippen molar-refractivity contribution in [1.82, 2.24) is 4.90 Å². The minimum atomic E-state index is -0.888. The van der Waals surface area contributed by atoms with Gasteiger partial charge in [0.25, 0.3) is 11.7 Å². The van der Waals surface area contributed by atoms with E-state index < -0.39 is 17.7 Å². The molecule has 7 heteroatoms. The maximum absolute atomic E-state index is 13.1. The summed E-state index contributed by atoms with van der Waals surface area (Å²) in [5.41, 5.74) is 1.92. The number of hydrogen-bond donors (Lipinski definition) is 2. The Balaban J connectivity index is 1.88. The van der Waals surface area contributed by atoms with E-state index in [1.807, 2.05) is 19.1 Å². The summed E-state index contributed by atoms with van der Waals surface area (Å²) in [5, 5.41) is 21.2. The van der Waals surface area contributed by atoms with Crippen molar-refractivity contribution in [2.45, 2.75) is 26.4 Å². The molecule has 2 heterocycles. The highest BCUT2D eigenvalue weighted by atomic mass is 16.5. The number of furan rings is 1. The number of aliphatic hydroxyl groups is 1. The third-order valence-electron chi connectivity index (χ3n) is 5.37. The summed E-state index contributed by atoms with van der Waals surface area (Å²) in [7, 11) is 0. The number of hydrogen-bond acceptors (Lipinski definition) is 6. The number of aliphatic hydroxyl groups excluding tert-OH is 1. The van der Waals surface area contributed by atoms with E-state index in [2.05, 4.69) is 0 Å². The lowest BCUT2D eigenvalue weighted by Crippen LogP contribution is -2.29. The molecule has 2 aromatic carbocycles. The van der Waals surface area contributed by atoms with Crippen molar-refractivity contribution in [3.8, 4) is 11.5 Å². The summed E-state index contributed by atoms with van der Waals surface area (Å²) in [5.74, 6) is -1.13. The van der Waals surface area contributed by atoms with Gasteiger partial charge in [-0.2, -0.15) is 0 Å². The number of rotatable bonds is 6. The number of phenols is 1. The van der Waals surface area contributed by atoms with Crippen molar-refractivity contribution in [2.24, 2.45) is 0 Å². The van der Waals surface area contributed by atoms with Crippen LogP contribution in [0.4, 0.5) is 0 Å². The number of ether oxygens (including phenoxy) is 1. The van der Waals surface area contributed by atoms with Crippen LogP contribution in [0.2, 0.25) is 0 Å². The molecule has 0 aliphatic carbocycles. The molecule has 32 heavy (non-hydrogen) atoms. The summed E-state index contributed by atoms with van der Waals surface area (Å²) in [6.07, 6.45) is 1.49. The van der Waals surface area contributed by atoms with Gasteiger partial charge in [0.1, 0.15) is 11.5 Å². The highest BCUT2D eigenvalue weighted by Gasteiger charge is 2.46. The number of amides is 1. The Morgan fingerprint density at radius 3 is 2.53 bits per heavy atom. The molecule has 0 spiro atoms. The summed E-state index contributed by atoms with van der Waals surface area (Å²) < 4.78 is 10.9. The second-order valence-corrected chi connectivity index (χ2v) is 7.53. The first kappa shape index (κ1) is 21.2. The highest BCUT2D eigenvalue weighted by Crippen LogP contribution is 2.42. The number of ketones is 1. The van der Waals surface area contributed by atoms with Gasteiger partial charge in [0, 0.05) is 5.56 Å². The average Bonchev–Trinajstić information content (AvgIpc) is 3.38. The molecule has 1 atom stereocenters. The summed E-state index contributed by atoms with van der Waals surface area (Å²) >= 11 is 0. The number of benzene rings is 2. The maximum atomic E-state index is 13.1. The van der Waals surface area contributed by atoms with E-state index >= 15 is 0 Å². The van der Waals surface area contributed by atoms with E-state index in [0.717, 1.165) is 5.56 Å². The normalized spacial score (nSPS) is 17.7. The van der Waals surface area contributed by atoms with E-state index in [4.69, 9.17) is 9.15 Å². The van der Waals surface area contributed by atoms with Crippen LogP contribution in [-0.4, -0.2) is 33.4 Å². The maximum Gasteiger partial charge on any atom is 0.296 e. The fourth-order valence-corrected chi connectivity index (χ4v) is 3.80. The molecule has 4 rings (SSSR count). The van der Waals surface area contributed by atoms with E-state index in [9.17, 15) is 19.8 Å². The van der Waals surface area contributed by atoms with Gasteiger partial charge in [-0.05, 0) is 43.7 Å². The third-order valence-corrected chi connectivity index (χ3v) is 5.37. The van der Waals surface area contributed by atoms with E-state index in [1.54, 1.807) is 43.3 Å². The topological polar surface area (TPSA) is 100 Å². The summed E-state index contributed by atoms with van der Waals surface area (Å²) in [4.78, 5) is 27.4. The van der Waals surface area contributed by atoms with Gasteiger partial charge in [0.05, 0.1) is 31.0 Å². The largest absolute Gasteiger partial charge is 0.507 e. The van der Waals surface area contributed by atoms with Crippen molar-refractivity contribution in [2.75, 3.05) is 6.61 Å². The average molecular weight is 433 g/mol. The second-order valence-electron chi connectivity index (χ2n) is 7.53. The number of aromatic hydroxyl groups is 1. The Labute approximate surface area is 185 Å². The van der Waals surface area contributed by atoms with Crippen LogP contribution < -0.4 is 4.74 Å². The van der Waals surface area contributed by atoms with Crippen LogP contribution in [0.5, 0.6) is 11.5 Å². The first-order valence-corrected chi connectivity index (χ1v) is 10.2. The fourth-order valence-electron chi connectivity index (χ4n) is 3.80.